The van der Waals surface area contributed by atoms with Crippen molar-refractivity contribution in [1.82, 2.24) is 5.32 Å². The quantitative estimate of drug-likeness (QED) is 0.906. The van der Waals surface area contributed by atoms with Crippen LogP contribution in [0.4, 0.5) is 5.69 Å². The molecule has 0 bridgehead atoms. The molecule has 4 nitrogen and oxygen atoms in total. The van der Waals surface area contributed by atoms with Gasteiger partial charge < -0.3 is 10.2 Å². The maximum absolute atomic E-state index is 11.7. The number of hydrogen-bond donors (Lipinski definition) is 1. The molecule has 106 valence electrons. The second kappa shape index (κ2) is 5.27. The molecule has 20 heavy (non-hydrogen) atoms. The number of benzene rings is 1. The average Bonchev–Trinajstić information content (AvgIpc) is 2.62. The highest BCUT2D eigenvalue weighted by Gasteiger charge is 2.25. The fraction of sp³-hybridized carbons (Fsp3) is 0.500. The Morgan fingerprint density at radius 2 is 2.20 bits per heavy atom. The highest BCUT2D eigenvalue weighted by molar-refractivity contribution is 6.00. The zero-order valence-corrected chi connectivity index (χ0v) is 11.8. The Morgan fingerprint density at radius 3 is 2.90 bits per heavy atom. The summed E-state index contributed by atoms with van der Waals surface area (Å²) in [6.07, 6.45) is 4.58. The van der Waals surface area contributed by atoms with Gasteiger partial charge in [-0.25, -0.2) is 0 Å². The molecule has 4 heteroatoms. The zero-order valence-electron chi connectivity index (χ0n) is 11.8. The Balaban J connectivity index is 1.55. The van der Waals surface area contributed by atoms with Gasteiger partial charge in [-0.2, -0.15) is 0 Å². The largest absolute Gasteiger partial charge is 0.356 e. The first-order valence-electron chi connectivity index (χ1n) is 7.31. The molecule has 0 unspecified atom stereocenters. The first-order chi connectivity index (χ1) is 9.65. The van der Waals surface area contributed by atoms with Crippen LogP contribution in [-0.4, -0.2) is 25.4 Å². The maximum Gasteiger partial charge on any atom is 0.231 e. The van der Waals surface area contributed by atoms with E-state index in [0.717, 1.165) is 30.5 Å². The van der Waals surface area contributed by atoms with Gasteiger partial charge in [0.2, 0.25) is 11.8 Å². The molecule has 1 fully saturated rings. The molecule has 0 aromatic heterocycles. The molecule has 0 saturated heterocycles. The minimum Gasteiger partial charge on any atom is -0.356 e. The van der Waals surface area contributed by atoms with E-state index in [1.165, 1.54) is 12.0 Å². The summed E-state index contributed by atoms with van der Waals surface area (Å²) < 4.78 is 0. The highest BCUT2D eigenvalue weighted by Crippen LogP contribution is 2.28. The molecule has 1 aromatic carbocycles. The number of fused-ring (bicyclic) bond motifs is 1. The van der Waals surface area contributed by atoms with E-state index in [1.807, 2.05) is 19.2 Å². The van der Waals surface area contributed by atoms with Gasteiger partial charge in [-0.15, -0.1) is 0 Å². The fourth-order valence-electron chi connectivity index (χ4n) is 2.82. The summed E-state index contributed by atoms with van der Waals surface area (Å²) in [5, 5.41) is 3.00. The lowest BCUT2D eigenvalue weighted by molar-refractivity contribution is -0.127. The Labute approximate surface area is 119 Å². The summed E-state index contributed by atoms with van der Waals surface area (Å²) in [5.74, 6) is 0.601. The van der Waals surface area contributed by atoms with Crippen LogP contribution >= 0.6 is 0 Å². The molecule has 1 N–H and O–H groups in total. The van der Waals surface area contributed by atoms with Crippen LogP contribution in [0.1, 0.15) is 30.4 Å². The van der Waals surface area contributed by atoms with Gasteiger partial charge in [-0.1, -0.05) is 18.6 Å². The van der Waals surface area contributed by atoms with Gasteiger partial charge in [0.15, 0.2) is 0 Å². The smallest absolute Gasteiger partial charge is 0.231 e. The van der Waals surface area contributed by atoms with Crippen molar-refractivity contribution >= 4 is 17.5 Å². The van der Waals surface area contributed by atoms with Gasteiger partial charge in [0, 0.05) is 25.2 Å². The van der Waals surface area contributed by atoms with E-state index in [-0.39, 0.29) is 17.7 Å². The van der Waals surface area contributed by atoms with Crippen molar-refractivity contribution in [2.75, 3.05) is 18.5 Å². The zero-order chi connectivity index (χ0) is 14.1. The molecule has 3 rings (SSSR count). The molecular weight excluding hydrogens is 252 g/mol. The third-order valence-corrected chi connectivity index (χ3v) is 4.41. The lowest BCUT2D eigenvalue weighted by Gasteiger charge is -2.24. The third-order valence-electron chi connectivity index (χ3n) is 4.41. The van der Waals surface area contributed by atoms with Gasteiger partial charge >= 0.3 is 0 Å². The molecule has 1 aliphatic carbocycles. The van der Waals surface area contributed by atoms with Crippen molar-refractivity contribution in [3.8, 4) is 0 Å². The molecule has 1 heterocycles. The van der Waals surface area contributed by atoms with Crippen LogP contribution in [0.15, 0.2) is 18.2 Å². The first kappa shape index (κ1) is 13.2. The Kier molecular flexibility index (Phi) is 3.47. The lowest BCUT2D eigenvalue weighted by atomic mass is 9.85. The standard InChI is InChI=1S/C16H20N2O2/c1-18-14-6-5-11(9-13(14)10-15(18)19)7-8-17-16(20)12-3-2-4-12/h5-6,9,12H,2-4,7-8,10H2,1H3,(H,17,20). The minimum atomic E-state index is 0.149. The molecule has 1 aliphatic heterocycles. The summed E-state index contributed by atoms with van der Waals surface area (Å²) in [4.78, 5) is 25.1. The molecule has 1 aromatic rings. The molecule has 0 spiro atoms. The third kappa shape index (κ3) is 2.42. The van der Waals surface area contributed by atoms with E-state index >= 15 is 0 Å². The van der Waals surface area contributed by atoms with E-state index in [9.17, 15) is 9.59 Å². The number of anilines is 1. The van der Waals surface area contributed by atoms with Gasteiger partial charge in [-0.3, -0.25) is 9.59 Å². The summed E-state index contributed by atoms with van der Waals surface area (Å²) >= 11 is 0. The van der Waals surface area contributed by atoms with Crippen molar-refractivity contribution in [3.63, 3.8) is 0 Å². The molecule has 2 amide bonds. The van der Waals surface area contributed by atoms with Crippen LogP contribution in [0.2, 0.25) is 0 Å². The second-order valence-electron chi connectivity index (χ2n) is 5.76. The normalized spacial score (nSPS) is 17.9. The molecule has 0 atom stereocenters. The Hall–Kier alpha value is -1.84. The molecule has 2 aliphatic rings. The number of nitrogens with one attached hydrogen (secondary N) is 1. The summed E-state index contributed by atoms with van der Waals surface area (Å²) in [6, 6.07) is 6.14. The van der Waals surface area contributed by atoms with Crippen molar-refractivity contribution < 1.29 is 9.59 Å². The molecule has 0 radical (unpaired) electrons. The monoisotopic (exact) mass is 272 g/mol. The van der Waals surface area contributed by atoms with E-state index in [2.05, 4.69) is 11.4 Å². The van der Waals surface area contributed by atoms with Gasteiger partial charge in [0.1, 0.15) is 0 Å². The number of carbonyl (C=O) groups is 2. The highest BCUT2D eigenvalue weighted by atomic mass is 16.2. The average molecular weight is 272 g/mol. The molecular formula is C16H20N2O2. The van der Waals surface area contributed by atoms with Gasteiger partial charge in [0.25, 0.3) is 0 Å². The van der Waals surface area contributed by atoms with E-state index < -0.39 is 0 Å². The summed E-state index contributed by atoms with van der Waals surface area (Å²) in [5.41, 5.74) is 3.29. The second-order valence-corrected chi connectivity index (χ2v) is 5.76. The van der Waals surface area contributed by atoms with Gasteiger partial charge in [-0.05, 0) is 36.5 Å². The van der Waals surface area contributed by atoms with Gasteiger partial charge in [0.05, 0.1) is 6.42 Å². The number of nitrogens with zero attached hydrogens (tertiary/aromatic N) is 1. The lowest BCUT2D eigenvalue weighted by Crippen LogP contribution is -2.35. The van der Waals surface area contributed by atoms with Crippen LogP contribution in [0.3, 0.4) is 0 Å². The number of carbonyl (C=O) groups excluding carboxylic acids is 2. The Bertz CT molecular complexity index is 549. The number of amides is 2. The predicted octanol–water partition coefficient (Wildman–Crippen LogP) is 1.66. The van der Waals surface area contributed by atoms with E-state index in [4.69, 9.17) is 0 Å². The maximum atomic E-state index is 11.7. The minimum absolute atomic E-state index is 0.149. The van der Waals surface area contributed by atoms with Crippen molar-refractivity contribution in [2.45, 2.75) is 32.1 Å². The van der Waals surface area contributed by atoms with Crippen LogP contribution < -0.4 is 10.2 Å². The van der Waals surface area contributed by atoms with Crippen LogP contribution in [0.25, 0.3) is 0 Å². The van der Waals surface area contributed by atoms with Crippen molar-refractivity contribution in [1.29, 1.82) is 0 Å². The first-order valence-corrected chi connectivity index (χ1v) is 7.31. The van der Waals surface area contributed by atoms with Crippen LogP contribution in [0.5, 0.6) is 0 Å². The predicted molar refractivity (Wildman–Crippen MR) is 77.6 cm³/mol. The summed E-state index contributed by atoms with van der Waals surface area (Å²) in [7, 11) is 1.81. The number of hydrogen-bond acceptors (Lipinski definition) is 2. The summed E-state index contributed by atoms with van der Waals surface area (Å²) in [6.45, 7) is 0.678. The number of likely N-dealkylation sites (N-methyl/N-ethyl adjacent to an activating group) is 1. The van der Waals surface area contributed by atoms with E-state index in [0.29, 0.717) is 13.0 Å². The number of rotatable bonds is 4. The SMILES string of the molecule is CN1C(=O)Cc2cc(CCNC(=O)C3CCC3)ccc21. The fourth-order valence-corrected chi connectivity index (χ4v) is 2.82. The van der Waals surface area contributed by atoms with Crippen LogP contribution in [-0.2, 0) is 22.4 Å². The van der Waals surface area contributed by atoms with Crippen molar-refractivity contribution in [2.24, 2.45) is 5.92 Å². The Morgan fingerprint density at radius 1 is 1.40 bits per heavy atom. The van der Waals surface area contributed by atoms with Crippen LogP contribution in [0, 0.1) is 5.92 Å². The van der Waals surface area contributed by atoms with Crippen molar-refractivity contribution in [3.05, 3.63) is 29.3 Å². The molecule has 1 saturated carbocycles. The topological polar surface area (TPSA) is 49.4 Å². The van der Waals surface area contributed by atoms with E-state index in [1.54, 1.807) is 4.90 Å².